The zero-order chi connectivity index (χ0) is 49.4. The first-order valence-corrected chi connectivity index (χ1v) is 26.6. The Labute approximate surface area is 437 Å². The van der Waals surface area contributed by atoms with E-state index in [1.807, 2.05) is 84.1 Å². The van der Waals surface area contributed by atoms with E-state index < -0.39 is 7.12 Å². The summed E-state index contributed by atoms with van der Waals surface area (Å²) in [6, 6.07) is 80.2. The van der Waals surface area contributed by atoms with E-state index in [0.717, 1.165) is 53.3 Å². The Morgan fingerprint density at radius 3 is 1.18 bits per heavy atom. The van der Waals surface area contributed by atoms with Crippen LogP contribution in [-0.4, -0.2) is 27.1 Å². The number of pyridine rings is 2. The van der Waals surface area contributed by atoms with Gasteiger partial charge >= 0.3 is 7.12 Å². The molecular formula is C66H40BClN2O2S2. The Kier molecular flexibility index (Phi) is 10.8. The van der Waals surface area contributed by atoms with Crippen molar-refractivity contribution in [3.05, 3.63) is 236 Å². The Balaban J connectivity index is 0.000000110. The van der Waals surface area contributed by atoms with Gasteiger partial charge in [0.15, 0.2) is 0 Å². The molecule has 348 valence electrons. The number of nitrogens with zero attached hydrogens (tertiary/aromatic N) is 2. The molecule has 0 bridgehead atoms. The molecule has 0 aliphatic rings. The number of fused-ring (bicyclic) bond motifs is 20. The lowest BCUT2D eigenvalue weighted by Crippen LogP contribution is -2.29. The van der Waals surface area contributed by atoms with Gasteiger partial charge in [-0.05, 0) is 106 Å². The Morgan fingerprint density at radius 2 is 0.676 bits per heavy atom. The van der Waals surface area contributed by atoms with Gasteiger partial charge in [0.05, 0.1) is 36.5 Å². The maximum Gasteiger partial charge on any atom is 0.488 e. The highest BCUT2D eigenvalue weighted by Gasteiger charge is 2.19. The van der Waals surface area contributed by atoms with Crippen LogP contribution in [0.4, 0.5) is 0 Å². The Hall–Kier alpha value is -8.27. The van der Waals surface area contributed by atoms with Crippen LogP contribution in [0, 0.1) is 0 Å². The van der Waals surface area contributed by atoms with Crippen molar-refractivity contribution in [3.63, 3.8) is 0 Å². The summed E-state index contributed by atoms with van der Waals surface area (Å²) in [4.78, 5) is 9.87. The number of hydrogen-bond acceptors (Lipinski definition) is 6. The van der Waals surface area contributed by atoms with Crippen molar-refractivity contribution in [2.45, 2.75) is 0 Å². The summed E-state index contributed by atoms with van der Waals surface area (Å²) >= 11 is 10.1. The highest BCUT2D eigenvalue weighted by atomic mass is 35.5. The maximum absolute atomic E-state index is 9.42. The van der Waals surface area contributed by atoms with Crippen LogP contribution >= 0.6 is 34.3 Å². The van der Waals surface area contributed by atoms with Gasteiger partial charge in [-0.25, -0.2) is 9.97 Å². The van der Waals surface area contributed by atoms with E-state index in [4.69, 9.17) is 21.6 Å². The molecule has 0 atom stereocenters. The average Bonchev–Trinajstić information content (AvgIpc) is 4.03. The molecule has 0 amide bonds. The minimum Gasteiger partial charge on any atom is -0.423 e. The number of benzene rings is 12. The number of halogens is 1. The number of aromatic nitrogens is 2. The number of hydrogen-bond donors (Lipinski definition) is 2. The van der Waals surface area contributed by atoms with Gasteiger partial charge in [-0.2, -0.15) is 0 Å². The van der Waals surface area contributed by atoms with Crippen LogP contribution in [0.2, 0.25) is 5.02 Å². The number of thiophene rings is 2. The van der Waals surface area contributed by atoms with Gasteiger partial charge in [0.1, 0.15) is 0 Å². The van der Waals surface area contributed by atoms with Gasteiger partial charge < -0.3 is 10.0 Å². The van der Waals surface area contributed by atoms with Gasteiger partial charge in [-0.1, -0.05) is 212 Å². The quantitative estimate of drug-likeness (QED) is 0.134. The molecule has 0 radical (unpaired) electrons. The molecule has 74 heavy (non-hydrogen) atoms. The van der Waals surface area contributed by atoms with Gasteiger partial charge in [0, 0.05) is 36.5 Å². The summed E-state index contributed by atoms with van der Waals surface area (Å²) in [6.45, 7) is 0. The molecule has 4 heterocycles. The molecule has 0 saturated carbocycles. The smallest absolute Gasteiger partial charge is 0.423 e. The van der Waals surface area contributed by atoms with Crippen LogP contribution in [0.3, 0.4) is 0 Å². The van der Waals surface area contributed by atoms with Gasteiger partial charge in [0.2, 0.25) is 0 Å². The molecule has 0 aliphatic heterocycles. The van der Waals surface area contributed by atoms with Gasteiger partial charge in [-0.15, -0.1) is 22.7 Å². The summed E-state index contributed by atoms with van der Waals surface area (Å²) in [5, 5.41) is 39.0. The fourth-order valence-corrected chi connectivity index (χ4v) is 13.7. The van der Waals surface area contributed by atoms with E-state index in [-0.39, 0.29) is 0 Å². The van der Waals surface area contributed by atoms with Crippen molar-refractivity contribution in [3.8, 4) is 11.1 Å². The Bertz CT molecular complexity index is 4860. The summed E-state index contributed by atoms with van der Waals surface area (Å²) in [5.41, 5.74) is 7.16. The highest BCUT2D eigenvalue weighted by Crippen LogP contribution is 2.45. The van der Waals surface area contributed by atoms with E-state index >= 15 is 0 Å². The van der Waals surface area contributed by atoms with Crippen LogP contribution in [0.15, 0.2) is 231 Å². The van der Waals surface area contributed by atoms with Crippen molar-refractivity contribution >= 4 is 174 Å². The van der Waals surface area contributed by atoms with Crippen LogP contribution < -0.4 is 5.46 Å². The minimum atomic E-state index is -1.44. The Morgan fingerprint density at radius 1 is 0.324 bits per heavy atom. The van der Waals surface area contributed by atoms with Crippen LogP contribution in [-0.2, 0) is 0 Å². The van der Waals surface area contributed by atoms with E-state index in [1.54, 1.807) is 17.4 Å². The lowest BCUT2D eigenvalue weighted by molar-refractivity contribution is 0.426. The largest absolute Gasteiger partial charge is 0.488 e. The predicted octanol–water partition coefficient (Wildman–Crippen LogP) is 17.8. The molecule has 4 nitrogen and oxygen atoms in total. The molecule has 0 aliphatic carbocycles. The van der Waals surface area contributed by atoms with Crippen molar-refractivity contribution < 1.29 is 10.0 Å². The normalized spacial score (nSPS) is 11.7. The molecule has 0 saturated heterocycles. The molecule has 2 N–H and O–H groups in total. The third-order valence-electron chi connectivity index (χ3n) is 14.4. The van der Waals surface area contributed by atoms with Crippen molar-refractivity contribution in [1.82, 2.24) is 9.97 Å². The second-order valence-corrected chi connectivity index (χ2v) is 21.1. The molecular weight excluding hydrogens is 963 g/mol. The fourth-order valence-electron chi connectivity index (χ4n) is 11.1. The molecule has 16 aromatic rings. The number of para-hydroxylation sites is 2. The molecule has 4 aromatic heterocycles. The van der Waals surface area contributed by atoms with E-state index in [0.29, 0.717) is 5.46 Å². The van der Waals surface area contributed by atoms with Crippen molar-refractivity contribution in [2.24, 2.45) is 0 Å². The predicted molar refractivity (Wildman–Crippen MR) is 321 cm³/mol. The summed E-state index contributed by atoms with van der Waals surface area (Å²) in [7, 11) is -1.44. The first kappa shape index (κ1) is 44.4. The van der Waals surface area contributed by atoms with Crippen molar-refractivity contribution in [2.75, 3.05) is 0 Å². The molecule has 0 unspecified atom stereocenters. The maximum atomic E-state index is 9.42. The van der Waals surface area contributed by atoms with Gasteiger partial charge in [0.25, 0.3) is 0 Å². The van der Waals surface area contributed by atoms with Crippen LogP contribution in [0.1, 0.15) is 0 Å². The molecule has 0 fully saturated rings. The van der Waals surface area contributed by atoms with Crippen LogP contribution in [0.25, 0.3) is 138 Å². The molecule has 12 aromatic carbocycles. The average molecular weight is 1000 g/mol. The van der Waals surface area contributed by atoms with Crippen molar-refractivity contribution in [1.29, 1.82) is 0 Å². The lowest BCUT2D eigenvalue weighted by atomic mass is 9.78. The number of rotatable bonds is 2. The second-order valence-electron chi connectivity index (χ2n) is 18.6. The zero-order valence-corrected chi connectivity index (χ0v) is 41.9. The second kappa shape index (κ2) is 18.0. The van der Waals surface area contributed by atoms with Crippen LogP contribution in [0.5, 0.6) is 0 Å². The van der Waals surface area contributed by atoms with E-state index in [1.165, 1.54) is 89.9 Å². The highest BCUT2D eigenvalue weighted by molar-refractivity contribution is 7.26. The summed E-state index contributed by atoms with van der Waals surface area (Å²) < 4.78 is 4.85. The third kappa shape index (κ3) is 7.27. The monoisotopic (exact) mass is 1000 g/mol. The molecule has 8 heteroatoms. The lowest BCUT2D eigenvalue weighted by Gasteiger charge is -2.13. The summed E-state index contributed by atoms with van der Waals surface area (Å²) in [6.07, 6.45) is 0. The first-order valence-electron chi connectivity index (χ1n) is 24.5. The minimum absolute atomic E-state index is 0.517. The zero-order valence-electron chi connectivity index (χ0n) is 39.5. The fraction of sp³-hybridized carbons (Fsp3) is 0. The third-order valence-corrected chi connectivity index (χ3v) is 17.3. The SMILES string of the molecule is Clc1c2ccccc2nc2c1sc1ccccc12.OB(O)c1ccc2c3ccccc3c3ccccc3c2c1.c1ccc2c(-c3ccc4c5ccccc5c5ccccc5c4c3)c3sc4ccccc4c3nc2c1. The molecule has 16 rings (SSSR count). The molecule has 0 spiro atoms. The summed E-state index contributed by atoms with van der Waals surface area (Å²) in [5.74, 6) is 0. The standard InChI is InChI=1S/C33H19NS.C18H13BO2.C15H8ClNS/c1-2-11-23-21(9-1)22-10-3-4-12-24(22)28-19-20(17-18-25(23)28)31-26-13-5-7-15-29(26)34-32-27-14-6-8-16-30(27)35-33(31)32;20-19(21)12-9-10-17-15-7-2-1-5-13(15)14-6-3-4-8-16(14)18(17)11-12;16-13-9-5-1-3-7-11(9)17-14-10-6-2-4-8-12(10)18-15(13)14/h1-19H;1-11,20-21H;1-8H. The van der Waals surface area contributed by atoms with E-state index in [2.05, 4.69) is 152 Å². The topological polar surface area (TPSA) is 66.2 Å². The van der Waals surface area contributed by atoms with Gasteiger partial charge in [-0.3, -0.25) is 0 Å². The first-order chi connectivity index (χ1) is 36.5. The van der Waals surface area contributed by atoms with E-state index in [9.17, 15) is 10.0 Å².